The number of aryl methyl sites for hydroxylation is 1. The molecule has 0 amide bonds. The van der Waals surface area contributed by atoms with E-state index in [-0.39, 0.29) is 24.1 Å². The predicted octanol–water partition coefficient (Wildman–Crippen LogP) is 4.71. The number of halogens is 1. The minimum absolute atomic E-state index is 0.0969. The summed E-state index contributed by atoms with van der Waals surface area (Å²) in [6.07, 6.45) is -0.581. The van der Waals surface area contributed by atoms with Gasteiger partial charge in [0.05, 0.1) is 37.0 Å². The minimum Gasteiger partial charge on any atom is -0.382 e. The number of anilines is 1. The van der Waals surface area contributed by atoms with Crippen molar-refractivity contribution in [3.05, 3.63) is 64.8 Å². The lowest BCUT2D eigenvalue weighted by Crippen LogP contribution is -2.34. The normalized spacial score (nSPS) is 14.4. The summed E-state index contributed by atoms with van der Waals surface area (Å²) in [5.74, 6) is 0.108. The van der Waals surface area contributed by atoms with E-state index in [1.165, 1.54) is 0 Å². The number of nitrogens with zero attached hydrogens (tertiary/aromatic N) is 2. The van der Waals surface area contributed by atoms with Crippen molar-refractivity contribution >= 4 is 31.8 Å². The van der Waals surface area contributed by atoms with E-state index in [1.54, 1.807) is 45.2 Å². The van der Waals surface area contributed by atoms with Crippen LogP contribution in [0, 0.1) is 13.8 Å². The molecular weight excluding hydrogens is 552 g/mol. The highest BCUT2D eigenvalue weighted by atomic mass is 79.9. The molecule has 194 valence electrons. The van der Waals surface area contributed by atoms with E-state index in [9.17, 15) is 8.42 Å². The molecule has 0 aliphatic carbocycles. The van der Waals surface area contributed by atoms with Gasteiger partial charge in [-0.1, -0.05) is 51.4 Å². The Bertz CT molecular complexity index is 1290. The van der Waals surface area contributed by atoms with Crippen molar-refractivity contribution in [2.75, 3.05) is 44.6 Å². The van der Waals surface area contributed by atoms with Crippen LogP contribution in [0.15, 0.2) is 51.9 Å². The number of alkyl halides is 1. The molecule has 0 atom stereocenters. The molecule has 2 aromatic carbocycles. The molecule has 1 fully saturated rings. The SMILES string of the molecule is COCCOCN(c1onc(C)c1C)S(=O)(=O)c1ccccc1-c1ccc(CBr)cc1C1OCCO1. The van der Waals surface area contributed by atoms with E-state index in [1.807, 2.05) is 18.2 Å². The van der Waals surface area contributed by atoms with Crippen LogP contribution in [0.3, 0.4) is 0 Å². The third-order valence-electron chi connectivity index (χ3n) is 5.89. The third kappa shape index (κ3) is 5.51. The first kappa shape index (κ1) is 26.8. The van der Waals surface area contributed by atoms with Gasteiger partial charge in [-0.25, -0.2) is 12.7 Å². The Balaban J connectivity index is 1.82. The van der Waals surface area contributed by atoms with Crippen LogP contribution in [0.2, 0.25) is 0 Å². The summed E-state index contributed by atoms with van der Waals surface area (Å²) < 4.78 is 57.1. The van der Waals surface area contributed by atoms with E-state index >= 15 is 0 Å². The van der Waals surface area contributed by atoms with Crippen molar-refractivity contribution in [2.24, 2.45) is 0 Å². The molecule has 0 radical (unpaired) electrons. The second-order valence-corrected chi connectivity index (χ2v) is 10.6. The van der Waals surface area contributed by atoms with Crippen LogP contribution in [0.1, 0.15) is 28.7 Å². The molecule has 1 aliphatic heterocycles. The summed E-state index contributed by atoms with van der Waals surface area (Å²) in [4.78, 5) is 0.0969. The van der Waals surface area contributed by atoms with Gasteiger partial charge in [-0.05, 0) is 37.1 Å². The summed E-state index contributed by atoms with van der Waals surface area (Å²) in [5, 5.41) is 4.60. The molecule has 0 bridgehead atoms. The van der Waals surface area contributed by atoms with Gasteiger partial charge in [0.25, 0.3) is 10.0 Å². The van der Waals surface area contributed by atoms with Gasteiger partial charge >= 0.3 is 0 Å². The molecule has 11 heteroatoms. The van der Waals surface area contributed by atoms with Gasteiger partial charge in [0.15, 0.2) is 6.29 Å². The van der Waals surface area contributed by atoms with Gasteiger partial charge in [-0.2, -0.15) is 0 Å². The van der Waals surface area contributed by atoms with Gasteiger partial charge in [0.1, 0.15) is 6.73 Å². The number of aromatic nitrogens is 1. The number of hydrogen-bond donors (Lipinski definition) is 0. The van der Waals surface area contributed by atoms with Crippen LogP contribution in [0.25, 0.3) is 11.1 Å². The van der Waals surface area contributed by atoms with Gasteiger partial charge in [-0.3, -0.25) is 0 Å². The van der Waals surface area contributed by atoms with Gasteiger partial charge < -0.3 is 23.5 Å². The first-order valence-electron chi connectivity index (χ1n) is 11.4. The summed E-state index contributed by atoms with van der Waals surface area (Å²) in [7, 11) is -2.59. The molecular formula is C25H29BrN2O7S. The van der Waals surface area contributed by atoms with Crippen molar-refractivity contribution in [3.63, 3.8) is 0 Å². The van der Waals surface area contributed by atoms with Crippen LogP contribution < -0.4 is 4.31 Å². The molecule has 0 unspecified atom stereocenters. The Morgan fingerprint density at radius 2 is 1.83 bits per heavy atom. The largest absolute Gasteiger partial charge is 0.382 e. The Morgan fingerprint density at radius 1 is 1.08 bits per heavy atom. The summed E-state index contributed by atoms with van der Waals surface area (Å²) in [6.45, 7) is 4.73. The minimum atomic E-state index is -4.14. The van der Waals surface area contributed by atoms with E-state index in [2.05, 4.69) is 21.1 Å². The quantitative estimate of drug-likeness (QED) is 0.182. The molecule has 2 heterocycles. The summed E-state index contributed by atoms with van der Waals surface area (Å²) in [5.41, 5.74) is 4.22. The fraction of sp³-hybridized carbons (Fsp3) is 0.400. The van der Waals surface area contributed by atoms with Crippen molar-refractivity contribution in [1.29, 1.82) is 0 Å². The molecule has 4 rings (SSSR count). The Hall–Kier alpha value is -2.28. The second kappa shape index (κ2) is 11.8. The van der Waals surface area contributed by atoms with E-state index in [0.29, 0.717) is 47.5 Å². The molecule has 3 aromatic rings. The van der Waals surface area contributed by atoms with Crippen LogP contribution in [-0.4, -0.2) is 53.8 Å². The topological polar surface area (TPSA) is 100 Å². The smallest absolute Gasteiger partial charge is 0.269 e. The molecule has 0 N–H and O–H groups in total. The van der Waals surface area contributed by atoms with Crippen molar-refractivity contribution in [2.45, 2.75) is 30.4 Å². The van der Waals surface area contributed by atoms with Crippen LogP contribution >= 0.6 is 15.9 Å². The number of rotatable bonds is 11. The molecule has 1 aliphatic rings. The van der Waals surface area contributed by atoms with Gasteiger partial charge in [0.2, 0.25) is 5.88 Å². The zero-order chi connectivity index (χ0) is 25.7. The Kier molecular flexibility index (Phi) is 8.81. The number of methoxy groups -OCH3 is 1. The highest BCUT2D eigenvalue weighted by Crippen LogP contribution is 2.39. The van der Waals surface area contributed by atoms with Crippen molar-refractivity contribution < 1.29 is 31.9 Å². The highest BCUT2D eigenvalue weighted by molar-refractivity contribution is 9.08. The van der Waals surface area contributed by atoms with E-state index in [0.717, 1.165) is 15.4 Å². The molecule has 36 heavy (non-hydrogen) atoms. The van der Waals surface area contributed by atoms with Crippen molar-refractivity contribution in [1.82, 2.24) is 5.16 Å². The zero-order valence-electron chi connectivity index (χ0n) is 20.4. The standard InChI is InChI=1S/C25H29BrN2O7S/c1-17-18(2)27-35-24(17)28(16-32-11-10-31-3)36(29,30)23-7-5-4-6-21(23)20-9-8-19(15-26)14-22(20)25-33-12-13-34-25/h4-9,14,25H,10-13,15-16H2,1-3H3. The van der Waals surface area contributed by atoms with Crippen LogP contribution in [0.4, 0.5) is 5.88 Å². The van der Waals surface area contributed by atoms with Crippen molar-refractivity contribution in [3.8, 4) is 11.1 Å². The monoisotopic (exact) mass is 580 g/mol. The summed E-state index contributed by atoms with van der Waals surface area (Å²) >= 11 is 3.49. The Morgan fingerprint density at radius 3 is 2.50 bits per heavy atom. The lowest BCUT2D eigenvalue weighted by atomic mass is 9.97. The average molecular weight is 581 g/mol. The molecule has 9 nitrogen and oxygen atoms in total. The van der Waals surface area contributed by atoms with E-state index in [4.69, 9.17) is 23.5 Å². The second-order valence-electron chi connectivity index (χ2n) is 8.21. The third-order valence-corrected chi connectivity index (χ3v) is 8.30. The fourth-order valence-electron chi connectivity index (χ4n) is 3.87. The van der Waals surface area contributed by atoms with Crippen LogP contribution in [0.5, 0.6) is 0 Å². The van der Waals surface area contributed by atoms with Gasteiger partial charge in [0, 0.05) is 29.1 Å². The molecule has 1 saturated heterocycles. The maximum absolute atomic E-state index is 14.2. The van der Waals surface area contributed by atoms with Gasteiger partial charge in [-0.15, -0.1) is 0 Å². The molecule has 1 aromatic heterocycles. The number of ether oxygens (including phenoxy) is 4. The average Bonchev–Trinajstić information content (AvgIpc) is 3.54. The summed E-state index contributed by atoms with van der Waals surface area (Å²) in [6, 6.07) is 12.7. The zero-order valence-corrected chi connectivity index (χ0v) is 22.8. The fourth-order valence-corrected chi connectivity index (χ4v) is 5.76. The lowest BCUT2D eigenvalue weighted by Gasteiger charge is -2.24. The first-order valence-corrected chi connectivity index (χ1v) is 14.0. The Labute approximate surface area is 219 Å². The lowest BCUT2D eigenvalue weighted by molar-refractivity contribution is -0.0437. The van der Waals surface area contributed by atoms with Crippen LogP contribution in [-0.2, 0) is 34.3 Å². The molecule has 0 saturated carbocycles. The highest BCUT2D eigenvalue weighted by Gasteiger charge is 2.33. The van der Waals surface area contributed by atoms with E-state index < -0.39 is 16.3 Å². The first-order chi connectivity index (χ1) is 17.4. The predicted molar refractivity (Wildman–Crippen MR) is 137 cm³/mol. The maximum atomic E-state index is 14.2. The number of benzene rings is 2. The number of sulfonamides is 1. The number of hydrogen-bond acceptors (Lipinski definition) is 8. The molecule has 0 spiro atoms. The maximum Gasteiger partial charge on any atom is 0.269 e.